The van der Waals surface area contributed by atoms with Crippen molar-refractivity contribution in [1.82, 2.24) is 5.32 Å². The zero-order valence-electron chi connectivity index (χ0n) is 17.7. The van der Waals surface area contributed by atoms with Gasteiger partial charge in [0.1, 0.15) is 5.75 Å². The first-order valence-corrected chi connectivity index (χ1v) is 9.76. The van der Waals surface area contributed by atoms with Gasteiger partial charge in [-0.05, 0) is 55.4 Å². The molecular weight excluding hydrogens is 334 g/mol. The third-order valence-corrected chi connectivity index (χ3v) is 4.90. The van der Waals surface area contributed by atoms with E-state index in [1.54, 1.807) is 0 Å². The number of amides is 1. The van der Waals surface area contributed by atoms with Crippen LogP contribution in [0.3, 0.4) is 0 Å². The van der Waals surface area contributed by atoms with Crippen molar-refractivity contribution in [3.05, 3.63) is 64.7 Å². The number of carbonyl (C=O) groups excluding carboxylic acids is 1. The van der Waals surface area contributed by atoms with E-state index >= 15 is 0 Å². The van der Waals surface area contributed by atoms with Gasteiger partial charge in [0.05, 0.1) is 6.04 Å². The van der Waals surface area contributed by atoms with Crippen molar-refractivity contribution < 1.29 is 9.53 Å². The van der Waals surface area contributed by atoms with Gasteiger partial charge in [0.2, 0.25) is 0 Å². The van der Waals surface area contributed by atoms with Crippen molar-refractivity contribution in [2.24, 2.45) is 0 Å². The lowest BCUT2D eigenvalue weighted by Gasteiger charge is -2.23. The Morgan fingerprint density at radius 3 is 2.22 bits per heavy atom. The molecule has 2 rings (SSSR count). The summed E-state index contributed by atoms with van der Waals surface area (Å²) >= 11 is 0. The summed E-state index contributed by atoms with van der Waals surface area (Å²) in [4.78, 5) is 12.7. The Morgan fingerprint density at radius 1 is 1.07 bits per heavy atom. The van der Waals surface area contributed by atoms with E-state index in [0.717, 1.165) is 16.9 Å². The van der Waals surface area contributed by atoms with Gasteiger partial charge >= 0.3 is 0 Å². The molecule has 1 amide bonds. The van der Waals surface area contributed by atoms with Crippen LogP contribution in [0, 0.1) is 13.8 Å². The molecule has 1 N–H and O–H groups in total. The maximum Gasteiger partial charge on any atom is 0.261 e. The number of aryl methyl sites for hydroxylation is 2. The molecule has 27 heavy (non-hydrogen) atoms. The largest absolute Gasteiger partial charge is 0.480 e. The van der Waals surface area contributed by atoms with Crippen LogP contribution < -0.4 is 10.1 Å². The summed E-state index contributed by atoms with van der Waals surface area (Å²) in [5.74, 6) is 0.689. The Hall–Kier alpha value is -2.29. The topological polar surface area (TPSA) is 38.3 Å². The molecule has 0 radical (unpaired) electrons. The normalized spacial score (nSPS) is 13.7. The molecule has 0 bridgehead atoms. The van der Waals surface area contributed by atoms with E-state index in [2.05, 4.69) is 56.4 Å². The molecule has 2 aromatic rings. The van der Waals surface area contributed by atoms with E-state index in [1.807, 2.05) is 39.8 Å². The number of ether oxygens (including phenoxy) is 1. The smallest absolute Gasteiger partial charge is 0.261 e. The van der Waals surface area contributed by atoms with Crippen LogP contribution in [-0.4, -0.2) is 12.0 Å². The minimum Gasteiger partial charge on any atom is -0.480 e. The van der Waals surface area contributed by atoms with Crippen LogP contribution in [0.25, 0.3) is 0 Å². The Labute approximate surface area is 164 Å². The fraction of sp³-hybridized carbons (Fsp3) is 0.458. The van der Waals surface area contributed by atoms with Gasteiger partial charge in [-0.3, -0.25) is 4.79 Å². The molecule has 0 fully saturated rings. The van der Waals surface area contributed by atoms with Crippen molar-refractivity contribution in [1.29, 1.82) is 0 Å². The summed E-state index contributed by atoms with van der Waals surface area (Å²) in [6.45, 7) is 14.6. The number of hydrogen-bond donors (Lipinski definition) is 1. The van der Waals surface area contributed by atoms with Crippen LogP contribution in [0.4, 0.5) is 0 Å². The predicted octanol–water partition coefficient (Wildman–Crippen LogP) is 5.64. The second-order valence-corrected chi connectivity index (χ2v) is 8.39. The standard InChI is InChI=1S/C24H33NO2/c1-8-21(27-22-14-9-16(2)15-17(22)3)23(26)25-18(4)19-10-12-20(13-11-19)24(5,6)7/h9-15,18,21H,8H2,1-7H3,(H,25,26)/t18-,21-/m1/s1. The van der Waals surface area contributed by atoms with E-state index < -0.39 is 6.10 Å². The Bertz CT molecular complexity index is 772. The van der Waals surface area contributed by atoms with Gasteiger partial charge in [0.15, 0.2) is 6.10 Å². The van der Waals surface area contributed by atoms with Crippen molar-refractivity contribution in [2.45, 2.75) is 72.4 Å². The molecule has 0 aliphatic heterocycles. The molecule has 146 valence electrons. The van der Waals surface area contributed by atoms with Crippen molar-refractivity contribution in [3.63, 3.8) is 0 Å². The van der Waals surface area contributed by atoms with Gasteiger partial charge in [-0.2, -0.15) is 0 Å². The average molecular weight is 368 g/mol. The first-order valence-electron chi connectivity index (χ1n) is 9.76. The highest BCUT2D eigenvalue weighted by Crippen LogP contribution is 2.24. The Balaban J connectivity index is 2.05. The van der Waals surface area contributed by atoms with Gasteiger partial charge in [-0.15, -0.1) is 0 Å². The number of hydrogen-bond acceptors (Lipinski definition) is 2. The lowest BCUT2D eigenvalue weighted by Crippen LogP contribution is -2.39. The summed E-state index contributed by atoms with van der Waals surface area (Å²) in [5, 5.41) is 3.09. The van der Waals surface area contributed by atoms with Crippen molar-refractivity contribution in [2.75, 3.05) is 0 Å². The zero-order chi connectivity index (χ0) is 20.2. The maximum absolute atomic E-state index is 12.7. The van der Waals surface area contributed by atoms with Gasteiger partial charge in [0.25, 0.3) is 5.91 Å². The van der Waals surface area contributed by atoms with Gasteiger partial charge in [-0.1, -0.05) is 69.7 Å². The minimum absolute atomic E-state index is 0.0664. The van der Waals surface area contributed by atoms with E-state index in [1.165, 1.54) is 11.1 Å². The fourth-order valence-electron chi connectivity index (χ4n) is 3.07. The number of nitrogens with one attached hydrogen (secondary N) is 1. The lowest BCUT2D eigenvalue weighted by atomic mass is 9.86. The summed E-state index contributed by atoms with van der Waals surface area (Å²) in [7, 11) is 0. The van der Waals surface area contributed by atoms with Crippen LogP contribution in [-0.2, 0) is 10.2 Å². The number of carbonyl (C=O) groups is 1. The molecular formula is C24H33NO2. The summed E-state index contributed by atoms with van der Waals surface area (Å²) in [6, 6.07) is 14.4. The monoisotopic (exact) mass is 367 g/mol. The number of benzene rings is 2. The van der Waals surface area contributed by atoms with E-state index in [9.17, 15) is 4.79 Å². The molecule has 0 unspecified atom stereocenters. The quantitative estimate of drug-likeness (QED) is 0.718. The van der Waals surface area contributed by atoms with Gasteiger partial charge < -0.3 is 10.1 Å². The molecule has 2 atom stereocenters. The molecule has 0 saturated heterocycles. The first-order chi connectivity index (χ1) is 12.6. The van der Waals surface area contributed by atoms with Crippen molar-refractivity contribution in [3.8, 4) is 5.75 Å². The molecule has 3 heteroatoms. The van der Waals surface area contributed by atoms with Crippen LogP contribution in [0.15, 0.2) is 42.5 Å². The molecule has 0 aliphatic rings. The molecule has 0 aromatic heterocycles. The molecule has 0 heterocycles. The van der Waals surface area contributed by atoms with Gasteiger partial charge in [-0.25, -0.2) is 0 Å². The molecule has 0 aliphatic carbocycles. The fourth-order valence-corrected chi connectivity index (χ4v) is 3.07. The Morgan fingerprint density at radius 2 is 1.70 bits per heavy atom. The van der Waals surface area contributed by atoms with Crippen LogP contribution in [0.5, 0.6) is 5.75 Å². The second kappa shape index (κ2) is 8.60. The molecule has 3 nitrogen and oxygen atoms in total. The highest BCUT2D eigenvalue weighted by atomic mass is 16.5. The van der Waals surface area contributed by atoms with Crippen LogP contribution in [0.2, 0.25) is 0 Å². The minimum atomic E-state index is -0.497. The van der Waals surface area contributed by atoms with Crippen LogP contribution in [0.1, 0.15) is 69.3 Å². The SMILES string of the molecule is CC[C@@H](Oc1ccc(C)cc1C)C(=O)N[C@H](C)c1ccc(C(C)(C)C)cc1. The summed E-state index contributed by atoms with van der Waals surface area (Å²) < 4.78 is 6.00. The summed E-state index contributed by atoms with van der Waals surface area (Å²) in [6.07, 6.45) is 0.122. The van der Waals surface area contributed by atoms with E-state index in [0.29, 0.717) is 6.42 Å². The molecule has 0 spiro atoms. The molecule has 2 aromatic carbocycles. The predicted molar refractivity (Wildman–Crippen MR) is 112 cm³/mol. The third kappa shape index (κ3) is 5.59. The van der Waals surface area contributed by atoms with Crippen molar-refractivity contribution >= 4 is 5.91 Å². The Kier molecular flexibility index (Phi) is 6.69. The second-order valence-electron chi connectivity index (χ2n) is 8.39. The lowest BCUT2D eigenvalue weighted by molar-refractivity contribution is -0.128. The first kappa shape index (κ1) is 21.0. The average Bonchev–Trinajstić information content (AvgIpc) is 2.60. The maximum atomic E-state index is 12.7. The highest BCUT2D eigenvalue weighted by Gasteiger charge is 2.22. The zero-order valence-corrected chi connectivity index (χ0v) is 17.7. The highest BCUT2D eigenvalue weighted by molar-refractivity contribution is 5.81. The molecule has 0 saturated carbocycles. The third-order valence-electron chi connectivity index (χ3n) is 4.90. The number of rotatable bonds is 6. The summed E-state index contributed by atoms with van der Waals surface area (Å²) in [5.41, 5.74) is 4.74. The van der Waals surface area contributed by atoms with E-state index in [-0.39, 0.29) is 17.4 Å². The van der Waals surface area contributed by atoms with Gasteiger partial charge in [0, 0.05) is 0 Å². The van der Waals surface area contributed by atoms with Crippen LogP contribution >= 0.6 is 0 Å². The van der Waals surface area contributed by atoms with E-state index in [4.69, 9.17) is 4.74 Å².